The second-order valence-electron chi connectivity index (χ2n) is 7.42. The molecule has 0 aliphatic carbocycles. The van der Waals surface area contributed by atoms with Crippen LogP contribution in [-0.2, 0) is 11.2 Å². The van der Waals surface area contributed by atoms with Crippen LogP contribution in [0.4, 0.5) is 4.79 Å². The molecular formula is C26H24N2O2S2. The fourth-order valence-electron chi connectivity index (χ4n) is 3.91. The topological polar surface area (TPSA) is 62.2 Å². The van der Waals surface area contributed by atoms with E-state index in [1.165, 1.54) is 11.3 Å². The van der Waals surface area contributed by atoms with Crippen molar-refractivity contribution in [2.45, 2.75) is 17.2 Å². The maximum atomic E-state index is 11.5. The standard InChI is InChI=1S/C26H24N2O2S2/c29-25(30)28-24(16-23-17-31-19-27-23)18-32-26(20-10-4-1-5-11-20,21-12-6-2-7-13-21)22-14-8-3-9-15-22/h1-15,17,19,24,28H,16,18H2,(H,29,30). The number of carbonyl (C=O) groups is 1. The average Bonchev–Trinajstić information content (AvgIpc) is 3.34. The predicted octanol–water partition coefficient (Wildman–Crippen LogP) is 6.05. The number of thiazole rings is 1. The first kappa shape index (κ1) is 22.1. The van der Waals surface area contributed by atoms with Crippen LogP contribution in [0.5, 0.6) is 0 Å². The maximum absolute atomic E-state index is 11.5. The summed E-state index contributed by atoms with van der Waals surface area (Å²) in [5.74, 6) is 0.586. The lowest BCUT2D eigenvalue weighted by Crippen LogP contribution is -2.39. The number of nitrogens with zero attached hydrogens (tertiary/aromatic N) is 1. The predicted molar refractivity (Wildman–Crippen MR) is 132 cm³/mol. The van der Waals surface area contributed by atoms with E-state index in [-0.39, 0.29) is 6.04 Å². The lowest BCUT2D eigenvalue weighted by molar-refractivity contribution is 0.191. The molecule has 0 radical (unpaired) electrons. The summed E-state index contributed by atoms with van der Waals surface area (Å²) in [4.78, 5) is 15.9. The van der Waals surface area contributed by atoms with Crippen molar-refractivity contribution in [3.05, 3.63) is 124 Å². The van der Waals surface area contributed by atoms with Crippen LogP contribution >= 0.6 is 23.1 Å². The third-order valence-electron chi connectivity index (χ3n) is 5.31. The molecule has 0 spiro atoms. The normalized spacial score (nSPS) is 12.2. The van der Waals surface area contributed by atoms with E-state index in [1.807, 2.05) is 23.6 Å². The van der Waals surface area contributed by atoms with E-state index >= 15 is 0 Å². The molecule has 1 aromatic heterocycles. The molecule has 0 saturated heterocycles. The van der Waals surface area contributed by atoms with E-state index in [9.17, 15) is 9.90 Å². The van der Waals surface area contributed by atoms with Gasteiger partial charge in [0.1, 0.15) is 0 Å². The van der Waals surface area contributed by atoms with Gasteiger partial charge in [0.05, 0.1) is 16.0 Å². The van der Waals surface area contributed by atoms with Crippen LogP contribution in [0.2, 0.25) is 0 Å². The fraction of sp³-hybridized carbons (Fsp3) is 0.154. The SMILES string of the molecule is O=C(O)NC(CSC(c1ccccc1)(c1ccccc1)c1ccccc1)Cc1cscn1. The highest BCUT2D eigenvalue weighted by Gasteiger charge is 2.37. The Hall–Kier alpha value is -3.09. The van der Waals surface area contributed by atoms with Gasteiger partial charge in [0, 0.05) is 23.6 Å². The van der Waals surface area contributed by atoms with Crippen molar-refractivity contribution in [2.24, 2.45) is 0 Å². The summed E-state index contributed by atoms with van der Waals surface area (Å²) in [5, 5.41) is 14.1. The molecule has 0 saturated carbocycles. The number of thioether (sulfide) groups is 1. The largest absolute Gasteiger partial charge is 0.465 e. The molecule has 0 fully saturated rings. The average molecular weight is 461 g/mol. The van der Waals surface area contributed by atoms with Crippen LogP contribution in [0.3, 0.4) is 0 Å². The molecule has 4 nitrogen and oxygen atoms in total. The molecule has 1 heterocycles. The molecule has 0 aliphatic rings. The van der Waals surface area contributed by atoms with Crippen molar-refractivity contribution in [2.75, 3.05) is 5.75 Å². The van der Waals surface area contributed by atoms with Crippen LogP contribution in [0, 0.1) is 0 Å². The van der Waals surface area contributed by atoms with Crippen molar-refractivity contribution in [3.8, 4) is 0 Å². The van der Waals surface area contributed by atoms with Gasteiger partial charge in [-0.25, -0.2) is 9.78 Å². The van der Waals surface area contributed by atoms with E-state index in [4.69, 9.17) is 0 Å². The van der Waals surface area contributed by atoms with Gasteiger partial charge in [-0.2, -0.15) is 0 Å². The van der Waals surface area contributed by atoms with E-state index in [0.29, 0.717) is 12.2 Å². The van der Waals surface area contributed by atoms with Crippen molar-refractivity contribution < 1.29 is 9.90 Å². The zero-order chi connectivity index (χ0) is 22.2. The van der Waals surface area contributed by atoms with Gasteiger partial charge in [-0.3, -0.25) is 0 Å². The number of benzene rings is 3. The van der Waals surface area contributed by atoms with Gasteiger partial charge in [0.2, 0.25) is 0 Å². The van der Waals surface area contributed by atoms with Crippen LogP contribution in [0.15, 0.2) is 102 Å². The molecule has 3 aromatic carbocycles. The highest BCUT2D eigenvalue weighted by molar-refractivity contribution is 8.00. The third-order valence-corrected chi connectivity index (χ3v) is 7.65. The van der Waals surface area contributed by atoms with Crippen LogP contribution in [0.25, 0.3) is 0 Å². The molecule has 162 valence electrons. The number of hydrogen-bond donors (Lipinski definition) is 2. The number of hydrogen-bond acceptors (Lipinski definition) is 4. The summed E-state index contributed by atoms with van der Waals surface area (Å²) in [6.45, 7) is 0. The zero-order valence-corrected chi connectivity index (χ0v) is 19.1. The summed E-state index contributed by atoms with van der Waals surface area (Å²) in [6.07, 6.45) is -0.465. The van der Waals surface area contributed by atoms with Crippen molar-refractivity contribution in [1.29, 1.82) is 0 Å². The number of amides is 1. The maximum Gasteiger partial charge on any atom is 0.404 e. The minimum absolute atomic E-state index is 0.268. The number of rotatable bonds is 9. The first-order valence-electron chi connectivity index (χ1n) is 10.4. The van der Waals surface area contributed by atoms with E-state index in [2.05, 4.69) is 83.1 Å². The first-order valence-corrected chi connectivity index (χ1v) is 12.3. The zero-order valence-electron chi connectivity index (χ0n) is 17.4. The number of nitrogens with one attached hydrogen (secondary N) is 1. The fourth-order valence-corrected chi connectivity index (χ4v) is 6.04. The highest BCUT2D eigenvalue weighted by Crippen LogP contribution is 2.48. The van der Waals surface area contributed by atoms with Gasteiger partial charge in [-0.1, -0.05) is 91.0 Å². The Morgan fingerprint density at radius 3 is 1.81 bits per heavy atom. The lowest BCUT2D eigenvalue weighted by atomic mass is 9.84. The summed E-state index contributed by atoms with van der Waals surface area (Å²) < 4.78 is -0.482. The molecule has 1 unspecified atom stereocenters. The molecule has 1 amide bonds. The van der Waals surface area contributed by atoms with E-state index in [0.717, 1.165) is 22.4 Å². The van der Waals surface area contributed by atoms with Gasteiger partial charge < -0.3 is 10.4 Å². The molecule has 2 N–H and O–H groups in total. The van der Waals surface area contributed by atoms with Gasteiger partial charge >= 0.3 is 6.09 Å². The minimum Gasteiger partial charge on any atom is -0.465 e. The van der Waals surface area contributed by atoms with Crippen molar-refractivity contribution in [1.82, 2.24) is 10.3 Å². The van der Waals surface area contributed by atoms with E-state index < -0.39 is 10.8 Å². The Kier molecular flexibility index (Phi) is 7.24. The second kappa shape index (κ2) is 10.5. The molecule has 0 aliphatic heterocycles. The lowest BCUT2D eigenvalue weighted by Gasteiger charge is -2.36. The smallest absolute Gasteiger partial charge is 0.404 e. The summed E-state index contributed by atoms with van der Waals surface area (Å²) in [5.41, 5.74) is 6.15. The van der Waals surface area contributed by atoms with Gasteiger partial charge in [-0.05, 0) is 16.7 Å². The third kappa shape index (κ3) is 5.03. The quantitative estimate of drug-likeness (QED) is 0.299. The highest BCUT2D eigenvalue weighted by atomic mass is 32.2. The Balaban J connectivity index is 1.77. The number of carboxylic acid groups (broad SMARTS) is 1. The molecular weight excluding hydrogens is 436 g/mol. The van der Waals surface area contributed by atoms with Gasteiger partial charge in [0.15, 0.2) is 0 Å². The molecule has 6 heteroatoms. The molecule has 32 heavy (non-hydrogen) atoms. The first-order chi connectivity index (χ1) is 15.7. The Bertz CT molecular complexity index is 1010. The van der Waals surface area contributed by atoms with Gasteiger partial charge in [0.25, 0.3) is 0 Å². The molecule has 0 bridgehead atoms. The van der Waals surface area contributed by atoms with Gasteiger partial charge in [-0.15, -0.1) is 23.1 Å². The van der Waals surface area contributed by atoms with Crippen LogP contribution in [0.1, 0.15) is 22.4 Å². The molecule has 4 rings (SSSR count). The van der Waals surface area contributed by atoms with Crippen molar-refractivity contribution >= 4 is 29.2 Å². The Morgan fingerprint density at radius 2 is 1.41 bits per heavy atom. The van der Waals surface area contributed by atoms with Crippen LogP contribution in [-0.4, -0.2) is 28.0 Å². The molecule has 4 aromatic rings. The number of aromatic nitrogens is 1. The van der Waals surface area contributed by atoms with Crippen molar-refractivity contribution in [3.63, 3.8) is 0 Å². The monoisotopic (exact) mass is 460 g/mol. The molecule has 1 atom stereocenters. The Labute approximate surface area is 196 Å². The minimum atomic E-state index is -1.02. The van der Waals surface area contributed by atoms with E-state index in [1.54, 1.807) is 17.3 Å². The summed E-state index contributed by atoms with van der Waals surface area (Å²) in [6, 6.07) is 31.0. The second-order valence-corrected chi connectivity index (χ2v) is 9.37. The summed E-state index contributed by atoms with van der Waals surface area (Å²) >= 11 is 3.27. The summed E-state index contributed by atoms with van der Waals surface area (Å²) in [7, 11) is 0. The van der Waals surface area contributed by atoms with Crippen LogP contribution < -0.4 is 5.32 Å². The Morgan fingerprint density at radius 1 is 0.906 bits per heavy atom.